The third-order valence-corrected chi connectivity index (χ3v) is 2.72. The highest BCUT2D eigenvalue weighted by Crippen LogP contribution is 2.21. The van der Waals surface area contributed by atoms with Crippen LogP contribution in [-0.2, 0) is 4.79 Å². The molecule has 1 rings (SSSR count). The van der Waals surface area contributed by atoms with Crippen molar-refractivity contribution in [3.63, 3.8) is 0 Å². The third kappa shape index (κ3) is 4.07. The highest BCUT2D eigenvalue weighted by molar-refractivity contribution is 5.69. The fourth-order valence-corrected chi connectivity index (χ4v) is 1.61. The summed E-state index contributed by atoms with van der Waals surface area (Å²) in [4.78, 5) is 12.4. The number of aliphatic carboxylic acids is 1. The number of hydrogen-bond donors (Lipinski definition) is 1. The van der Waals surface area contributed by atoms with Crippen molar-refractivity contribution in [1.29, 1.82) is 0 Å². The van der Waals surface area contributed by atoms with Gasteiger partial charge >= 0.3 is 5.97 Å². The standard InChI is InChI=1S/C13H19NO3/c1-4-17-12-7-5-11(6-8-12)10(2)14(3)9-13(15)16/h5-8,10H,4,9H2,1-3H3,(H,15,16). The summed E-state index contributed by atoms with van der Waals surface area (Å²) in [6.07, 6.45) is 0. The smallest absolute Gasteiger partial charge is 0.317 e. The van der Waals surface area contributed by atoms with Crippen LogP contribution in [0.3, 0.4) is 0 Å². The lowest BCUT2D eigenvalue weighted by Crippen LogP contribution is -2.28. The number of hydrogen-bond acceptors (Lipinski definition) is 3. The van der Waals surface area contributed by atoms with Gasteiger partial charge in [0, 0.05) is 6.04 Å². The van der Waals surface area contributed by atoms with E-state index in [9.17, 15) is 4.79 Å². The van der Waals surface area contributed by atoms with Crippen LogP contribution in [0.5, 0.6) is 5.75 Å². The van der Waals surface area contributed by atoms with Gasteiger partial charge in [0.15, 0.2) is 0 Å². The SMILES string of the molecule is CCOc1ccc(C(C)N(C)CC(=O)O)cc1. The van der Waals surface area contributed by atoms with Crippen LogP contribution in [0.2, 0.25) is 0 Å². The molecule has 1 N–H and O–H groups in total. The summed E-state index contributed by atoms with van der Waals surface area (Å²) in [5.41, 5.74) is 1.08. The molecule has 0 heterocycles. The summed E-state index contributed by atoms with van der Waals surface area (Å²) >= 11 is 0. The molecule has 0 bridgehead atoms. The molecule has 94 valence electrons. The molecule has 1 unspecified atom stereocenters. The predicted molar refractivity (Wildman–Crippen MR) is 66.3 cm³/mol. The van der Waals surface area contributed by atoms with Gasteiger partial charge < -0.3 is 9.84 Å². The number of carboxylic acids is 1. The van der Waals surface area contributed by atoms with Crippen LogP contribution in [0, 0.1) is 0 Å². The van der Waals surface area contributed by atoms with Crippen molar-refractivity contribution in [2.75, 3.05) is 20.2 Å². The molecule has 4 nitrogen and oxygen atoms in total. The predicted octanol–water partition coefficient (Wildman–Crippen LogP) is 2.16. The summed E-state index contributed by atoms with van der Waals surface area (Å²) in [7, 11) is 1.80. The Morgan fingerprint density at radius 2 is 2.00 bits per heavy atom. The molecule has 1 atom stereocenters. The van der Waals surface area contributed by atoms with Gasteiger partial charge in [-0.3, -0.25) is 9.69 Å². The molecular formula is C13H19NO3. The van der Waals surface area contributed by atoms with Crippen molar-refractivity contribution < 1.29 is 14.6 Å². The van der Waals surface area contributed by atoms with Crippen LogP contribution < -0.4 is 4.74 Å². The summed E-state index contributed by atoms with van der Waals surface area (Å²) < 4.78 is 5.36. The number of ether oxygens (including phenoxy) is 1. The Morgan fingerprint density at radius 1 is 1.41 bits per heavy atom. The second-order valence-electron chi connectivity index (χ2n) is 3.99. The monoisotopic (exact) mass is 237 g/mol. The van der Waals surface area contributed by atoms with E-state index in [2.05, 4.69) is 0 Å². The van der Waals surface area contributed by atoms with Crippen molar-refractivity contribution in [1.82, 2.24) is 4.90 Å². The van der Waals surface area contributed by atoms with E-state index < -0.39 is 5.97 Å². The van der Waals surface area contributed by atoms with Crippen molar-refractivity contribution in [3.8, 4) is 5.75 Å². The zero-order valence-corrected chi connectivity index (χ0v) is 10.5. The minimum atomic E-state index is -0.815. The number of carbonyl (C=O) groups is 1. The van der Waals surface area contributed by atoms with E-state index in [4.69, 9.17) is 9.84 Å². The van der Waals surface area contributed by atoms with E-state index in [0.29, 0.717) is 6.61 Å². The van der Waals surface area contributed by atoms with Gasteiger partial charge in [-0.1, -0.05) is 12.1 Å². The van der Waals surface area contributed by atoms with Gasteiger partial charge in [0.25, 0.3) is 0 Å². The minimum absolute atomic E-state index is 0.0361. The summed E-state index contributed by atoms with van der Waals surface area (Å²) in [6.45, 7) is 4.61. The molecular weight excluding hydrogens is 218 g/mol. The lowest BCUT2D eigenvalue weighted by atomic mass is 10.1. The van der Waals surface area contributed by atoms with Gasteiger partial charge in [-0.25, -0.2) is 0 Å². The van der Waals surface area contributed by atoms with E-state index in [0.717, 1.165) is 11.3 Å². The van der Waals surface area contributed by atoms with Crippen LogP contribution in [-0.4, -0.2) is 36.2 Å². The Bertz CT molecular complexity index is 361. The van der Waals surface area contributed by atoms with Crippen molar-refractivity contribution in [2.45, 2.75) is 19.9 Å². The molecule has 1 aromatic rings. The summed E-state index contributed by atoms with van der Waals surface area (Å²) in [6, 6.07) is 7.82. The Hall–Kier alpha value is -1.55. The molecule has 0 saturated heterocycles. The van der Waals surface area contributed by atoms with Crippen LogP contribution >= 0.6 is 0 Å². The van der Waals surface area contributed by atoms with E-state index in [1.54, 1.807) is 11.9 Å². The van der Waals surface area contributed by atoms with Gasteiger partial charge in [0.2, 0.25) is 0 Å². The van der Waals surface area contributed by atoms with E-state index in [1.165, 1.54) is 0 Å². The van der Waals surface area contributed by atoms with Gasteiger partial charge in [0.1, 0.15) is 5.75 Å². The maximum Gasteiger partial charge on any atom is 0.317 e. The first-order valence-electron chi connectivity index (χ1n) is 5.69. The zero-order valence-electron chi connectivity index (χ0n) is 10.5. The normalized spacial score (nSPS) is 12.5. The van der Waals surface area contributed by atoms with E-state index >= 15 is 0 Å². The molecule has 1 aromatic carbocycles. The fourth-order valence-electron chi connectivity index (χ4n) is 1.61. The average molecular weight is 237 g/mol. The third-order valence-electron chi connectivity index (χ3n) is 2.72. The molecule has 0 spiro atoms. The maximum absolute atomic E-state index is 10.6. The Morgan fingerprint density at radius 3 is 2.47 bits per heavy atom. The number of likely N-dealkylation sites (N-methyl/N-ethyl adjacent to an activating group) is 1. The fraction of sp³-hybridized carbons (Fsp3) is 0.462. The lowest BCUT2D eigenvalue weighted by Gasteiger charge is -2.23. The number of nitrogens with zero attached hydrogens (tertiary/aromatic N) is 1. The van der Waals surface area contributed by atoms with Gasteiger partial charge in [-0.15, -0.1) is 0 Å². The highest BCUT2D eigenvalue weighted by atomic mass is 16.5. The summed E-state index contributed by atoms with van der Waals surface area (Å²) in [5.74, 6) is 0.0228. The molecule has 0 aromatic heterocycles. The van der Waals surface area contributed by atoms with Gasteiger partial charge in [-0.05, 0) is 38.6 Å². The highest BCUT2D eigenvalue weighted by Gasteiger charge is 2.14. The quantitative estimate of drug-likeness (QED) is 0.823. The lowest BCUT2D eigenvalue weighted by molar-refractivity contribution is -0.138. The first-order chi connectivity index (χ1) is 8.04. The maximum atomic E-state index is 10.6. The molecule has 0 saturated carbocycles. The van der Waals surface area contributed by atoms with Crippen molar-refractivity contribution in [2.24, 2.45) is 0 Å². The topological polar surface area (TPSA) is 49.8 Å². The van der Waals surface area contributed by atoms with Gasteiger partial charge in [-0.2, -0.15) is 0 Å². The number of rotatable bonds is 6. The second-order valence-corrected chi connectivity index (χ2v) is 3.99. The largest absolute Gasteiger partial charge is 0.494 e. The zero-order chi connectivity index (χ0) is 12.8. The Kier molecular flexibility index (Phi) is 4.97. The number of carboxylic acid groups (broad SMARTS) is 1. The molecule has 0 amide bonds. The van der Waals surface area contributed by atoms with Crippen LogP contribution in [0.1, 0.15) is 25.5 Å². The first kappa shape index (κ1) is 13.5. The molecule has 0 fully saturated rings. The summed E-state index contributed by atoms with van der Waals surface area (Å²) in [5, 5.41) is 8.73. The van der Waals surface area contributed by atoms with E-state index in [-0.39, 0.29) is 12.6 Å². The average Bonchev–Trinajstić information content (AvgIpc) is 2.28. The molecule has 0 aliphatic carbocycles. The Labute approximate surface area is 102 Å². The van der Waals surface area contributed by atoms with Crippen LogP contribution in [0.25, 0.3) is 0 Å². The van der Waals surface area contributed by atoms with Crippen molar-refractivity contribution in [3.05, 3.63) is 29.8 Å². The molecule has 0 aliphatic rings. The minimum Gasteiger partial charge on any atom is -0.494 e. The second kappa shape index (κ2) is 6.25. The molecule has 0 aliphatic heterocycles. The van der Waals surface area contributed by atoms with Crippen LogP contribution in [0.4, 0.5) is 0 Å². The first-order valence-corrected chi connectivity index (χ1v) is 5.69. The van der Waals surface area contributed by atoms with Crippen molar-refractivity contribution >= 4 is 5.97 Å². The Balaban J connectivity index is 2.68. The number of benzene rings is 1. The van der Waals surface area contributed by atoms with E-state index in [1.807, 2.05) is 38.1 Å². The van der Waals surface area contributed by atoms with Crippen LogP contribution in [0.15, 0.2) is 24.3 Å². The molecule has 4 heteroatoms. The van der Waals surface area contributed by atoms with Gasteiger partial charge in [0.05, 0.1) is 13.2 Å². The molecule has 0 radical (unpaired) electrons. The molecule has 17 heavy (non-hydrogen) atoms.